The van der Waals surface area contributed by atoms with Crippen LogP contribution in [0.2, 0.25) is 10.0 Å². The van der Waals surface area contributed by atoms with Gasteiger partial charge in [0.25, 0.3) is 0 Å². The first kappa shape index (κ1) is 16.0. The molecule has 0 fully saturated rings. The predicted molar refractivity (Wildman–Crippen MR) is 76.0 cm³/mol. The van der Waals surface area contributed by atoms with Crippen molar-refractivity contribution in [3.8, 4) is 0 Å². The van der Waals surface area contributed by atoms with Crippen LogP contribution in [0.5, 0.6) is 0 Å². The van der Waals surface area contributed by atoms with Crippen LogP contribution in [0, 0.1) is 0 Å². The Morgan fingerprint density at radius 2 is 2.11 bits per heavy atom. The molecule has 2 amide bonds. The Kier molecular flexibility index (Phi) is 7.59. The third-order valence-electron chi connectivity index (χ3n) is 2.16. The third kappa shape index (κ3) is 6.63. The summed E-state index contributed by atoms with van der Waals surface area (Å²) >= 11 is 11.7. The molecule has 0 atom stereocenters. The van der Waals surface area contributed by atoms with Gasteiger partial charge in [-0.25, -0.2) is 4.79 Å². The van der Waals surface area contributed by atoms with Crippen LogP contribution in [-0.4, -0.2) is 37.5 Å². The van der Waals surface area contributed by atoms with Gasteiger partial charge in [0.05, 0.1) is 23.9 Å². The van der Waals surface area contributed by atoms with Crippen molar-refractivity contribution in [2.45, 2.75) is 6.42 Å². The van der Waals surface area contributed by atoms with E-state index in [9.17, 15) is 4.79 Å². The van der Waals surface area contributed by atoms with Crippen LogP contribution in [0.3, 0.4) is 0 Å². The quantitative estimate of drug-likeness (QED) is 0.678. The van der Waals surface area contributed by atoms with Crippen molar-refractivity contribution < 1.29 is 14.6 Å². The second-order valence-corrected chi connectivity index (χ2v) is 4.54. The largest absolute Gasteiger partial charge is 0.394 e. The molecule has 3 N–H and O–H groups in total. The highest BCUT2D eigenvalue weighted by Crippen LogP contribution is 2.25. The van der Waals surface area contributed by atoms with Crippen molar-refractivity contribution in [3.05, 3.63) is 28.2 Å². The molecule has 0 aliphatic rings. The Hall–Kier alpha value is -1.01. The van der Waals surface area contributed by atoms with Crippen LogP contribution < -0.4 is 10.6 Å². The van der Waals surface area contributed by atoms with Gasteiger partial charge in [0, 0.05) is 18.2 Å². The van der Waals surface area contributed by atoms with E-state index >= 15 is 0 Å². The molecule has 7 heteroatoms. The van der Waals surface area contributed by atoms with Gasteiger partial charge in [-0.05, 0) is 24.6 Å². The number of aliphatic hydroxyl groups is 1. The average molecular weight is 307 g/mol. The first-order valence-corrected chi connectivity index (χ1v) is 6.57. The zero-order valence-corrected chi connectivity index (χ0v) is 11.8. The van der Waals surface area contributed by atoms with Gasteiger partial charge >= 0.3 is 6.03 Å². The van der Waals surface area contributed by atoms with E-state index in [0.717, 1.165) is 0 Å². The SMILES string of the molecule is O=C(NCCCOCCO)Nc1cc(Cl)ccc1Cl. The molecule has 0 saturated carbocycles. The standard InChI is InChI=1S/C12H16Cl2N2O3/c13-9-2-3-10(14)11(8-9)16-12(18)15-4-1-6-19-7-5-17/h2-3,8,17H,1,4-7H2,(H2,15,16,18). The van der Waals surface area contributed by atoms with Crippen molar-refractivity contribution >= 4 is 34.9 Å². The van der Waals surface area contributed by atoms with E-state index in [1.54, 1.807) is 18.2 Å². The number of hydrogen-bond acceptors (Lipinski definition) is 3. The number of aliphatic hydroxyl groups excluding tert-OH is 1. The second-order valence-electron chi connectivity index (χ2n) is 3.69. The molecule has 0 saturated heterocycles. The van der Waals surface area contributed by atoms with E-state index in [0.29, 0.717) is 41.9 Å². The van der Waals surface area contributed by atoms with Gasteiger partial charge in [-0.2, -0.15) is 0 Å². The molecular formula is C12H16Cl2N2O3. The topological polar surface area (TPSA) is 70.6 Å². The molecule has 5 nitrogen and oxygen atoms in total. The Morgan fingerprint density at radius 3 is 2.84 bits per heavy atom. The molecule has 0 heterocycles. The first-order valence-electron chi connectivity index (χ1n) is 5.82. The highest BCUT2D eigenvalue weighted by Gasteiger charge is 2.05. The van der Waals surface area contributed by atoms with E-state index in [1.807, 2.05) is 0 Å². The Bertz CT molecular complexity index is 416. The maximum Gasteiger partial charge on any atom is 0.319 e. The number of ether oxygens (including phenoxy) is 1. The van der Waals surface area contributed by atoms with E-state index in [-0.39, 0.29) is 12.6 Å². The number of benzene rings is 1. The Labute approximate surface area is 121 Å². The summed E-state index contributed by atoms with van der Waals surface area (Å²) < 4.78 is 5.06. The lowest BCUT2D eigenvalue weighted by atomic mass is 10.3. The number of carbonyl (C=O) groups excluding carboxylic acids is 1. The molecule has 0 aliphatic heterocycles. The number of carbonyl (C=O) groups is 1. The molecule has 106 valence electrons. The lowest BCUT2D eigenvalue weighted by molar-refractivity contribution is 0.0910. The number of nitrogens with one attached hydrogen (secondary N) is 2. The summed E-state index contributed by atoms with van der Waals surface area (Å²) in [6, 6.07) is 4.48. The maximum absolute atomic E-state index is 11.6. The van der Waals surface area contributed by atoms with Crippen LogP contribution in [0.15, 0.2) is 18.2 Å². The number of urea groups is 1. The second kappa shape index (κ2) is 8.98. The summed E-state index contributed by atoms with van der Waals surface area (Å²) in [6.45, 7) is 1.26. The molecule has 1 rings (SSSR count). The molecule has 0 unspecified atom stereocenters. The van der Waals surface area contributed by atoms with Gasteiger partial charge in [-0.3, -0.25) is 0 Å². The summed E-state index contributed by atoms with van der Waals surface area (Å²) in [5.74, 6) is 0. The van der Waals surface area contributed by atoms with Gasteiger partial charge in [0.1, 0.15) is 0 Å². The number of halogens is 2. The zero-order chi connectivity index (χ0) is 14.1. The summed E-state index contributed by atoms with van der Waals surface area (Å²) in [5.41, 5.74) is 0.461. The third-order valence-corrected chi connectivity index (χ3v) is 2.73. The number of hydrogen-bond donors (Lipinski definition) is 3. The molecule has 0 aromatic heterocycles. The highest BCUT2D eigenvalue weighted by molar-refractivity contribution is 6.35. The molecule has 0 bridgehead atoms. The monoisotopic (exact) mass is 306 g/mol. The molecule has 1 aromatic rings. The lowest BCUT2D eigenvalue weighted by Gasteiger charge is -2.09. The van der Waals surface area contributed by atoms with Crippen LogP contribution in [0.25, 0.3) is 0 Å². The Morgan fingerprint density at radius 1 is 1.32 bits per heavy atom. The van der Waals surface area contributed by atoms with Crippen molar-refractivity contribution in [1.29, 1.82) is 0 Å². The Balaban J connectivity index is 2.25. The summed E-state index contributed by atoms with van der Waals surface area (Å²) in [7, 11) is 0. The fourth-order valence-corrected chi connectivity index (χ4v) is 1.64. The normalized spacial score (nSPS) is 10.3. The van der Waals surface area contributed by atoms with E-state index in [4.69, 9.17) is 33.0 Å². The first-order chi connectivity index (χ1) is 9.13. The van der Waals surface area contributed by atoms with Crippen LogP contribution in [0.4, 0.5) is 10.5 Å². The average Bonchev–Trinajstić information content (AvgIpc) is 2.38. The minimum Gasteiger partial charge on any atom is -0.394 e. The molecule has 0 spiro atoms. The fraction of sp³-hybridized carbons (Fsp3) is 0.417. The summed E-state index contributed by atoms with van der Waals surface area (Å²) in [5, 5.41) is 14.7. The predicted octanol–water partition coefficient (Wildman–Crippen LogP) is 2.51. The van der Waals surface area contributed by atoms with E-state index in [2.05, 4.69) is 10.6 Å². The lowest BCUT2D eigenvalue weighted by Crippen LogP contribution is -2.30. The maximum atomic E-state index is 11.6. The van der Waals surface area contributed by atoms with E-state index < -0.39 is 0 Å². The smallest absolute Gasteiger partial charge is 0.319 e. The van der Waals surface area contributed by atoms with Crippen molar-refractivity contribution in [1.82, 2.24) is 5.32 Å². The van der Waals surface area contributed by atoms with Gasteiger partial charge < -0.3 is 20.5 Å². The van der Waals surface area contributed by atoms with E-state index in [1.165, 1.54) is 0 Å². The van der Waals surface area contributed by atoms with Crippen molar-refractivity contribution in [2.75, 3.05) is 31.7 Å². The molecule has 0 radical (unpaired) electrons. The zero-order valence-electron chi connectivity index (χ0n) is 10.3. The number of anilines is 1. The minimum atomic E-state index is -0.355. The van der Waals surface area contributed by atoms with Gasteiger partial charge in [0.15, 0.2) is 0 Å². The van der Waals surface area contributed by atoms with Crippen LogP contribution in [0.1, 0.15) is 6.42 Å². The van der Waals surface area contributed by atoms with Gasteiger partial charge in [-0.1, -0.05) is 23.2 Å². The number of rotatable bonds is 7. The van der Waals surface area contributed by atoms with Gasteiger partial charge in [-0.15, -0.1) is 0 Å². The number of amides is 2. The summed E-state index contributed by atoms with van der Waals surface area (Å²) in [6.07, 6.45) is 0.663. The minimum absolute atomic E-state index is 0.00117. The molecule has 0 aliphatic carbocycles. The summed E-state index contributed by atoms with van der Waals surface area (Å²) in [4.78, 5) is 11.6. The molecule has 1 aromatic carbocycles. The van der Waals surface area contributed by atoms with Crippen molar-refractivity contribution in [2.24, 2.45) is 0 Å². The highest BCUT2D eigenvalue weighted by atomic mass is 35.5. The van der Waals surface area contributed by atoms with Crippen molar-refractivity contribution in [3.63, 3.8) is 0 Å². The van der Waals surface area contributed by atoms with Crippen LogP contribution in [-0.2, 0) is 4.74 Å². The van der Waals surface area contributed by atoms with Gasteiger partial charge in [0.2, 0.25) is 0 Å². The fourth-order valence-electron chi connectivity index (χ4n) is 1.30. The molecular weight excluding hydrogens is 291 g/mol. The molecule has 19 heavy (non-hydrogen) atoms. The van der Waals surface area contributed by atoms with Crippen LogP contribution >= 0.6 is 23.2 Å².